The van der Waals surface area contributed by atoms with Gasteiger partial charge in [0, 0.05) is 5.56 Å². The number of carbonyl (C=O) groups excluding carboxylic acids is 1. The van der Waals surface area contributed by atoms with E-state index in [0.717, 1.165) is 49.7 Å². The van der Waals surface area contributed by atoms with Gasteiger partial charge in [-0.25, -0.2) is 0 Å². The second kappa shape index (κ2) is 10.3. The maximum atomic E-state index is 13.0. The number of aryl methyl sites for hydroxylation is 2. The van der Waals surface area contributed by atoms with Crippen molar-refractivity contribution in [3.05, 3.63) is 88.8 Å². The average molecular weight is 433 g/mol. The Balaban J connectivity index is 1.28. The lowest BCUT2D eigenvalue weighted by Gasteiger charge is -2.31. The fraction of sp³-hybridized carbons (Fsp3) is 0.308. The predicted octanol–water partition coefficient (Wildman–Crippen LogP) is 2.92. The Morgan fingerprint density at radius 1 is 1.12 bits per heavy atom. The lowest BCUT2D eigenvalue weighted by molar-refractivity contribution is -0.898. The molecule has 166 valence electrons. The molecule has 6 nitrogen and oxygen atoms in total. The summed E-state index contributed by atoms with van der Waals surface area (Å²) in [5.74, 6) is 1.49. The van der Waals surface area contributed by atoms with Gasteiger partial charge in [0.15, 0.2) is 0 Å². The van der Waals surface area contributed by atoms with Gasteiger partial charge in [0.05, 0.1) is 44.0 Å². The fourth-order valence-electron chi connectivity index (χ4n) is 3.92. The third-order valence-electron chi connectivity index (χ3n) is 5.92. The van der Waals surface area contributed by atoms with Crippen molar-refractivity contribution in [3.63, 3.8) is 0 Å². The Kier molecular flexibility index (Phi) is 7.02. The highest BCUT2D eigenvalue weighted by molar-refractivity contribution is 5.94. The van der Waals surface area contributed by atoms with Crippen LogP contribution in [0.3, 0.4) is 0 Å². The first-order chi connectivity index (χ1) is 15.6. The second-order valence-corrected chi connectivity index (χ2v) is 8.18. The van der Waals surface area contributed by atoms with Crippen LogP contribution in [0.2, 0.25) is 0 Å². The number of hydrogen-bond donors (Lipinski definition) is 1. The first-order valence-corrected chi connectivity index (χ1v) is 11.1. The normalized spacial score (nSPS) is 14.8. The molecule has 6 heteroatoms. The molecule has 0 atom stereocenters. The van der Waals surface area contributed by atoms with Crippen molar-refractivity contribution in [1.29, 1.82) is 0 Å². The Hall–Kier alpha value is -3.38. The molecule has 32 heavy (non-hydrogen) atoms. The number of piperazine rings is 1. The number of hydrogen-bond acceptors (Lipinski definition) is 4. The molecule has 0 aliphatic carbocycles. The van der Waals surface area contributed by atoms with Crippen molar-refractivity contribution in [2.24, 2.45) is 0 Å². The van der Waals surface area contributed by atoms with E-state index in [2.05, 4.69) is 29.4 Å². The number of aromatic nitrogens is 1. The van der Waals surface area contributed by atoms with Crippen LogP contribution < -0.4 is 9.64 Å². The molecule has 2 aromatic carbocycles. The predicted molar refractivity (Wildman–Crippen MR) is 124 cm³/mol. The van der Waals surface area contributed by atoms with E-state index in [4.69, 9.17) is 9.26 Å². The van der Waals surface area contributed by atoms with Crippen LogP contribution in [0.25, 0.3) is 6.08 Å². The van der Waals surface area contributed by atoms with Gasteiger partial charge in [-0.3, -0.25) is 4.79 Å². The number of amides is 1. The maximum absolute atomic E-state index is 13.0. The van der Waals surface area contributed by atoms with Gasteiger partial charge in [0.1, 0.15) is 18.1 Å². The van der Waals surface area contributed by atoms with Crippen LogP contribution in [0.5, 0.6) is 5.75 Å². The molecule has 0 bridgehead atoms. The van der Waals surface area contributed by atoms with Crippen LogP contribution >= 0.6 is 0 Å². The van der Waals surface area contributed by atoms with Crippen LogP contribution in [0.4, 0.5) is 0 Å². The zero-order valence-corrected chi connectivity index (χ0v) is 18.7. The summed E-state index contributed by atoms with van der Waals surface area (Å²) in [5, 5.41) is 3.95. The molecule has 2 heterocycles. The molecule has 1 aliphatic rings. The molecule has 3 aromatic rings. The summed E-state index contributed by atoms with van der Waals surface area (Å²) in [7, 11) is 0. The summed E-state index contributed by atoms with van der Waals surface area (Å²) < 4.78 is 11.1. The highest BCUT2D eigenvalue weighted by Crippen LogP contribution is 2.19. The Morgan fingerprint density at radius 3 is 2.62 bits per heavy atom. The molecule has 0 unspecified atom stereocenters. The molecular formula is C26H30N3O3+. The topological polar surface area (TPSA) is 60.0 Å². The van der Waals surface area contributed by atoms with Gasteiger partial charge in [-0.1, -0.05) is 47.6 Å². The summed E-state index contributed by atoms with van der Waals surface area (Å²) in [5.41, 5.74) is 3.65. The third-order valence-corrected chi connectivity index (χ3v) is 5.92. The molecule has 0 radical (unpaired) electrons. The van der Waals surface area contributed by atoms with Crippen LogP contribution in [-0.2, 0) is 6.61 Å². The molecule has 4 rings (SSSR count). The smallest absolute Gasteiger partial charge is 0.254 e. The van der Waals surface area contributed by atoms with E-state index in [9.17, 15) is 4.79 Å². The van der Waals surface area contributed by atoms with Crippen LogP contribution in [0.15, 0.2) is 65.2 Å². The molecule has 1 aliphatic heterocycles. The van der Waals surface area contributed by atoms with Gasteiger partial charge in [0.2, 0.25) is 0 Å². The van der Waals surface area contributed by atoms with Crippen LogP contribution in [0.1, 0.15) is 32.9 Å². The number of nitrogens with zero attached hydrogens (tertiary/aromatic N) is 2. The Labute approximate surface area is 189 Å². The van der Waals surface area contributed by atoms with Crippen molar-refractivity contribution >= 4 is 12.0 Å². The Morgan fingerprint density at radius 2 is 1.91 bits per heavy atom. The molecule has 0 saturated carbocycles. The van der Waals surface area contributed by atoms with Gasteiger partial charge in [0.25, 0.3) is 5.91 Å². The zero-order chi connectivity index (χ0) is 22.3. The standard InChI is InChI=1S/C26H29N3O3/c1-20-25(21(2)32-27-20)19-31-24-12-6-11-23(18-24)26(30)29-16-14-28(15-17-29)13-7-10-22-8-4-3-5-9-22/h3-12,18H,13-17,19H2,1-2H3/p+1. The molecular weight excluding hydrogens is 402 g/mol. The number of rotatable bonds is 7. The number of carbonyl (C=O) groups is 1. The van der Waals surface area contributed by atoms with Crippen molar-refractivity contribution in [2.45, 2.75) is 20.5 Å². The third kappa shape index (κ3) is 5.45. The summed E-state index contributed by atoms with van der Waals surface area (Å²) in [6.45, 7) is 8.54. The number of ether oxygens (including phenoxy) is 1. The minimum atomic E-state index is 0.0617. The van der Waals surface area contributed by atoms with E-state index >= 15 is 0 Å². The highest BCUT2D eigenvalue weighted by atomic mass is 16.5. The minimum Gasteiger partial charge on any atom is -0.489 e. The lowest BCUT2D eigenvalue weighted by atomic mass is 10.1. The molecule has 0 spiro atoms. The van der Waals surface area contributed by atoms with Gasteiger partial charge >= 0.3 is 0 Å². The first kappa shape index (κ1) is 21.8. The summed E-state index contributed by atoms with van der Waals surface area (Å²) in [4.78, 5) is 16.5. The van der Waals surface area contributed by atoms with E-state index < -0.39 is 0 Å². The molecule has 1 saturated heterocycles. The van der Waals surface area contributed by atoms with Gasteiger partial charge in [-0.05, 0) is 43.7 Å². The van der Waals surface area contributed by atoms with Crippen molar-refractivity contribution < 1.29 is 19.0 Å². The number of nitrogens with one attached hydrogen (secondary N) is 1. The second-order valence-electron chi connectivity index (χ2n) is 8.18. The highest BCUT2D eigenvalue weighted by Gasteiger charge is 2.24. The van der Waals surface area contributed by atoms with E-state index in [1.54, 1.807) is 0 Å². The molecule has 1 N–H and O–H groups in total. The number of benzene rings is 2. The summed E-state index contributed by atoms with van der Waals surface area (Å²) in [6, 6.07) is 17.8. The van der Waals surface area contributed by atoms with Gasteiger partial charge in [-0.15, -0.1) is 0 Å². The van der Waals surface area contributed by atoms with Crippen molar-refractivity contribution in [1.82, 2.24) is 10.1 Å². The molecule has 1 amide bonds. The van der Waals surface area contributed by atoms with Crippen molar-refractivity contribution in [3.8, 4) is 5.75 Å². The van der Waals surface area contributed by atoms with Gasteiger partial charge in [-0.2, -0.15) is 0 Å². The largest absolute Gasteiger partial charge is 0.489 e. The quantitative estimate of drug-likeness (QED) is 0.624. The van der Waals surface area contributed by atoms with E-state index in [1.165, 1.54) is 10.5 Å². The summed E-state index contributed by atoms with van der Waals surface area (Å²) in [6.07, 6.45) is 4.39. The maximum Gasteiger partial charge on any atom is 0.254 e. The van der Waals surface area contributed by atoms with Crippen LogP contribution in [-0.4, -0.2) is 48.7 Å². The summed E-state index contributed by atoms with van der Waals surface area (Å²) >= 11 is 0. The van der Waals surface area contributed by atoms with E-state index in [0.29, 0.717) is 17.9 Å². The first-order valence-electron chi connectivity index (χ1n) is 11.1. The number of quaternary nitrogens is 1. The Bertz CT molecular complexity index is 1050. The lowest BCUT2D eigenvalue weighted by Crippen LogP contribution is -3.14. The van der Waals surface area contributed by atoms with Gasteiger partial charge < -0.3 is 19.1 Å². The zero-order valence-electron chi connectivity index (χ0n) is 18.7. The monoisotopic (exact) mass is 432 g/mol. The fourth-order valence-corrected chi connectivity index (χ4v) is 3.92. The SMILES string of the molecule is Cc1noc(C)c1COc1cccc(C(=O)N2CC[NH+](CC=Cc3ccccc3)CC2)c1. The molecule has 1 aromatic heterocycles. The van der Waals surface area contributed by atoms with Crippen LogP contribution in [0, 0.1) is 13.8 Å². The van der Waals surface area contributed by atoms with E-state index in [-0.39, 0.29) is 5.91 Å². The minimum absolute atomic E-state index is 0.0617. The molecule has 1 fully saturated rings. The van der Waals surface area contributed by atoms with Crippen molar-refractivity contribution in [2.75, 3.05) is 32.7 Å². The average Bonchev–Trinajstić information content (AvgIpc) is 3.15. The van der Waals surface area contributed by atoms with E-state index in [1.807, 2.05) is 61.2 Å².